The lowest BCUT2D eigenvalue weighted by Gasteiger charge is -2.38. The summed E-state index contributed by atoms with van der Waals surface area (Å²) in [5.74, 6) is 1.13. The number of rotatable bonds is 4. The lowest BCUT2D eigenvalue weighted by molar-refractivity contribution is 0.254. The molecule has 2 N–H and O–H groups in total. The number of nitrogens with zero attached hydrogens (tertiary/aromatic N) is 3. The van der Waals surface area contributed by atoms with E-state index in [1.807, 2.05) is 0 Å². The Bertz CT molecular complexity index is 951. The van der Waals surface area contributed by atoms with Crippen molar-refractivity contribution < 1.29 is 4.74 Å². The summed E-state index contributed by atoms with van der Waals surface area (Å²) in [7, 11) is 0. The average Bonchev–Trinajstić information content (AvgIpc) is 3.47. The molecule has 1 aromatic carbocycles. The Labute approximate surface area is 184 Å². The maximum atomic E-state index is 6.18. The zero-order valence-electron chi connectivity index (χ0n) is 18.3. The predicted molar refractivity (Wildman–Crippen MR) is 122 cm³/mol. The third-order valence-corrected chi connectivity index (χ3v) is 7.86. The van der Waals surface area contributed by atoms with E-state index < -0.39 is 0 Å². The van der Waals surface area contributed by atoms with E-state index in [4.69, 9.17) is 14.7 Å². The molecule has 31 heavy (non-hydrogen) atoms. The minimum atomic E-state index is 0.239. The van der Waals surface area contributed by atoms with Gasteiger partial charge in [0, 0.05) is 43.2 Å². The molecule has 0 saturated carbocycles. The molecule has 0 radical (unpaired) electrons. The number of nitrogens with one attached hydrogen (secondary N) is 2. The van der Waals surface area contributed by atoms with Crippen LogP contribution in [0.2, 0.25) is 0 Å². The van der Waals surface area contributed by atoms with Crippen molar-refractivity contribution in [2.24, 2.45) is 0 Å². The highest BCUT2D eigenvalue weighted by atomic mass is 16.5. The van der Waals surface area contributed by atoms with E-state index in [1.54, 1.807) is 5.56 Å². The van der Waals surface area contributed by atoms with Crippen LogP contribution in [-0.2, 0) is 24.7 Å². The van der Waals surface area contributed by atoms with Gasteiger partial charge in [0.15, 0.2) is 0 Å². The van der Waals surface area contributed by atoms with Crippen LogP contribution >= 0.6 is 0 Å². The summed E-state index contributed by atoms with van der Waals surface area (Å²) in [5, 5.41) is 6.99. The molecule has 2 aliphatic carbocycles. The fourth-order valence-electron chi connectivity index (χ4n) is 6.16. The van der Waals surface area contributed by atoms with E-state index >= 15 is 0 Å². The normalized spacial score (nSPS) is 27.4. The number of aromatic nitrogens is 2. The summed E-state index contributed by atoms with van der Waals surface area (Å²) in [5.41, 5.74) is 5.92. The van der Waals surface area contributed by atoms with Crippen molar-refractivity contribution in [2.75, 3.05) is 44.2 Å². The molecule has 1 spiro atoms. The van der Waals surface area contributed by atoms with Crippen LogP contribution in [0.1, 0.15) is 48.1 Å². The maximum Gasteiger partial charge on any atom is 0.318 e. The fraction of sp³-hybridized carbons (Fsp3) is 0.600. The van der Waals surface area contributed by atoms with Crippen molar-refractivity contribution >= 4 is 5.82 Å². The van der Waals surface area contributed by atoms with Gasteiger partial charge in [-0.1, -0.05) is 24.3 Å². The maximum absolute atomic E-state index is 6.18. The molecule has 0 amide bonds. The molecule has 2 aliphatic heterocycles. The second-order valence-corrected chi connectivity index (χ2v) is 9.71. The zero-order valence-corrected chi connectivity index (χ0v) is 18.3. The first-order valence-corrected chi connectivity index (χ1v) is 12.1. The van der Waals surface area contributed by atoms with Crippen LogP contribution in [0, 0.1) is 0 Å². The van der Waals surface area contributed by atoms with Gasteiger partial charge in [0.05, 0.1) is 5.69 Å². The highest BCUT2D eigenvalue weighted by molar-refractivity contribution is 5.54. The van der Waals surface area contributed by atoms with Crippen molar-refractivity contribution in [3.8, 4) is 6.01 Å². The third-order valence-electron chi connectivity index (χ3n) is 7.86. The topological polar surface area (TPSA) is 62.3 Å². The number of piperazine rings is 1. The second-order valence-electron chi connectivity index (χ2n) is 9.71. The number of benzene rings is 1. The Hall–Kier alpha value is -2.18. The van der Waals surface area contributed by atoms with Crippen LogP contribution in [0.25, 0.3) is 0 Å². The van der Waals surface area contributed by atoms with Gasteiger partial charge in [-0.15, -0.1) is 0 Å². The average molecular weight is 420 g/mol. The van der Waals surface area contributed by atoms with Crippen LogP contribution in [0.5, 0.6) is 6.01 Å². The van der Waals surface area contributed by atoms with Crippen LogP contribution in [0.4, 0.5) is 5.82 Å². The minimum Gasteiger partial charge on any atom is -0.462 e. The van der Waals surface area contributed by atoms with Gasteiger partial charge in [0.1, 0.15) is 12.4 Å². The molecule has 2 atom stereocenters. The third kappa shape index (κ3) is 3.60. The number of fused-ring (bicyclic) bond motifs is 3. The van der Waals surface area contributed by atoms with Gasteiger partial charge in [0.25, 0.3) is 0 Å². The first kappa shape index (κ1) is 19.5. The van der Waals surface area contributed by atoms with Crippen molar-refractivity contribution in [3.63, 3.8) is 0 Å². The molecule has 2 aromatic rings. The van der Waals surface area contributed by atoms with Crippen molar-refractivity contribution in [1.29, 1.82) is 0 Å². The Balaban J connectivity index is 1.34. The van der Waals surface area contributed by atoms with Gasteiger partial charge < -0.3 is 20.3 Å². The summed E-state index contributed by atoms with van der Waals surface area (Å²) < 4.78 is 6.18. The van der Waals surface area contributed by atoms with Crippen LogP contribution in [0.15, 0.2) is 24.3 Å². The molecule has 1 unspecified atom stereocenters. The smallest absolute Gasteiger partial charge is 0.318 e. The number of aryl methyl sites for hydroxylation is 1. The molecule has 3 heterocycles. The van der Waals surface area contributed by atoms with Gasteiger partial charge in [0.2, 0.25) is 0 Å². The van der Waals surface area contributed by atoms with Gasteiger partial charge >= 0.3 is 6.01 Å². The molecule has 2 saturated heterocycles. The Kier molecular flexibility index (Phi) is 5.07. The van der Waals surface area contributed by atoms with Crippen molar-refractivity contribution in [1.82, 2.24) is 20.6 Å². The molecule has 6 heteroatoms. The number of ether oxygens (including phenoxy) is 1. The first-order chi connectivity index (χ1) is 15.3. The van der Waals surface area contributed by atoms with Crippen molar-refractivity contribution in [2.45, 2.75) is 56.4 Å². The van der Waals surface area contributed by atoms with Crippen LogP contribution in [-0.4, -0.2) is 55.3 Å². The number of anilines is 1. The highest BCUT2D eigenvalue weighted by Gasteiger charge is 2.42. The quantitative estimate of drug-likeness (QED) is 0.794. The molecule has 0 bridgehead atoms. The van der Waals surface area contributed by atoms with Crippen LogP contribution < -0.4 is 20.3 Å². The molecule has 164 valence electrons. The molecular formula is C25H33N5O. The van der Waals surface area contributed by atoms with Crippen molar-refractivity contribution in [3.05, 3.63) is 46.6 Å². The number of hydrogen-bond donors (Lipinski definition) is 2. The lowest BCUT2D eigenvalue weighted by Crippen LogP contribution is -2.45. The Morgan fingerprint density at radius 3 is 2.81 bits per heavy atom. The lowest BCUT2D eigenvalue weighted by atomic mass is 9.69. The summed E-state index contributed by atoms with van der Waals surface area (Å²) in [6, 6.07) is 10.1. The first-order valence-electron chi connectivity index (χ1n) is 12.1. The van der Waals surface area contributed by atoms with Crippen LogP contribution in [0.3, 0.4) is 0 Å². The molecule has 6 nitrogen and oxygen atoms in total. The molecule has 6 rings (SSSR count). The van der Waals surface area contributed by atoms with Gasteiger partial charge in [-0.25, -0.2) is 0 Å². The monoisotopic (exact) mass is 419 g/mol. The fourth-order valence-corrected chi connectivity index (χ4v) is 6.16. The van der Waals surface area contributed by atoms with E-state index in [-0.39, 0.29) is 5.41 Å². The summed E-state index contributed by atoms with van der Waals surface area (Å²) >= 11 is 0. The SMILES string of the molecule is c1ccc2c(c1)CCC21CCc2c(nc(OC[C@@H]3CCCN3)nc2N2CCNCC2)C1. The van der Waals surface area contributed by atoms with Gasteiger partial charge in [-0.05, 0) is 62.6 Å². The highest BCUT2D eigenvalue weighted by Crippen LogP contribution is 2.48. The van der Waals surface area contributed by atoms with E-state index in [1.165, 1.54) is 48.9 Å². The molecule has 4 aliphatic rings. The van der Waals surface area contributed by atoms with E-state index in [2.05, 4.69) is 39.8 Å². The molecule has 2 fully saturated rings. The minimum absolute atomic E-state index is 0.239. The predicted octanol–water partition coefficient (Wildman–Crippen LogP) is 2.39. The standard InChI is InChI=1S/C25H33N5O/c1-2-6-21-18(4-1)7-9-25(21)10-8-20-22(16-25)28-24(31-17-19-5-3-11-27-19)29-23(20)30-14-12-26-13-15-30/h1-2,4,6,19,26-27H,3,5,7-17H2/t19-,25?/m0/s1. The van der Waals surface area contributed by atoms with Gasteiger partial charge in [-0.2, -0.15) is 9.97 Å². The van der Waals surface area contributed by atoms with Gasteiger partial charge in [-0.3, -0.25) is 0 Å². The summed E-state index contributed by atoms with van der Waals surface area (Å²) in [6.45, 7) is 5.78. The second kappa shape index (κ2) is 8.06. The summed E-state index contributed by atoms with van der Waals surface area (Å²) in [6.07, 6.45) is 8.11. The Morgan fingerprint density at radius 2 is 1.94 bits per heavy atom. The zero-order chi connectivity index (χ0) is 20.7. The molecular weight excluding hydrogens is 386 g/mol. The van der Waals surface area contributed by atoms with E-state index in [0.29, 0.717) is 18.7 Å². The van der Waals surface area contributed by atoms with E-state index in [9.17, 15) is 0 Å². The molecule has 1 aromatic heterocycles. The summed E-state index contributed by atoms with van der Waals surface area (Å²) in [4.78, 5) is 12.4. The Morgan fingerprint density at radius 1 is 1.06 bits per heavy atom. The largest absolute Gasteiger partial charge is 0.462 e. The number of hydrogen-bond acceptors (Lipinski definition) is 6. The van der Waals surface area contributed by atoms with E-state index in [0.717, 1.165) is 51.4 Å².